The van der Waals surface area contributed by atoms with E-state index in [0.29, 0.717) is 19.0 Å². The molecular weight excluding hydrogens is 392 g/mol. The van der Waals surface area contributed by atoms with E-state index in [1.54, 1.807) is 6.20 Å². The van der Waals surface area contributed by atoms with Crippen LogP contribution in [0.2, 0.25) is 0 Å². The molecule has 1 aromatic rings. The van der Waals surface area contributed by atoms with E-state index in [1.165, 1.54) is 0 Å². The fraction of sp³-hybridized carbons (Fsp3) is 0.696. The molecule has 2 saturated heterocycles. The molecule has 1 aromatic heterocycles. The van der Waals surface area contributed by atoms with Crippen molar-refractivity contribution in [2.45, 2.75) is 52.6 Å². The van der Waals surface area contributed by atoms with Crippen molar-refractivity contribution in [2.75, 3.05) is 52.4 Å². The van der Waals surface area contributed by atoms with Gasteiger partial charge in [-0.25, -0.2) is 9.98 Å². The van der Waals surface area contributed by atoms with Gasteiger partial charge >= 0.3 is 0 Å². The maximum atomic E-state index is 12.7. The van der Waals surface area contributed by atoms with Gasteiger partial charge in [-0.3, -0.25) is 9.69 Å². The fourth-order valence-corrected chi connectivity index (χ4v) is 4.14. The van der Waals surface area contributed by atoms with Gasteiger partial charge in [0.15, 0.2) is 5.96 Å². The number of rotatable bonds is 8. The van der Waals surface area contributed by atoms with E-state index in [0.717, 1.165) is 76.6 Å². The van der Waals surface area contributed by atoms with Gasteiger partial charge in [0, 0.05) is 57.6 Å². The van der Waals surface area contributed by atoms with E-state index in [2.05, 4.69) is 40.9 Å². The van der Waals surface area contributed by atoms with Crippen LogP contribution in [0.5, 0.6) is 5.88 Å². The highest BCUT2D eigenvalue weighted by atomic mass is 16.5. The number of hydrogen-bond acceptors (Lipinski definition) is 5. The molecule has 0 aliphatic carbocycles. The smallest absolute Gasteiger partial charge is 0.239 e. The molecule has 1 unspecified atom stereocenters. The number of amides is 1. The number of carbonyl (C=O) groups excluding carboxylic acids is 1. The lowest BCUT2D eigenvalue weighted by Crippen LogP contribution is -2.57. The molecule has 0 aromatic carbocycles. The first-order chi connectivity index (χ1) is 15.1. The van der Waals surface area contributed by atoms with Crippen LogP contribution in [0, 0.1) is 0 Å². The van der Waals surface area contributed by atoms with E-state index in [1.807, 2.05) is 17.0 Å². The van der Waals surface area contributed by atoms with Crippen LogP contribution in [-0.4, -0.2) is 90.0 Å². The van der Waals surface area contributed by atoms with Gasteiger partial charge in [0.1, 0.15) is 0 Å². The number of guanidine groups is 1. The second kappa shape index (κ2) is 11.9. The van der Waals surface area contributed by atoms with Gasteiger partial charge in [-0.15, -0.1) is 0 Å². The van der Waals surface area contributed by atoms with Crippen molar-refractivity contribution in [1.82, 2.24) is 25.0 Å². The van der Waals surface area contributed by atoms with Gasteiger partial charge < -0.3 is 19.9 Å². The fourth-order valence-electron chi connectivity index (χ4n) is 4.14. The third kappa shape index (κ3) is 6.32. The Kier molecular flexibility index (Phi) is 8.94. The second-order valence-corrected chi connectivity index (χ2v) is 8.22. The van der Waals surface area contributed by atoms with Gasteiger partial charge in [-0.05, 0) is 39.2 Å². The summed E-state index contributed by atoms with van der Waals surface area (Å²) in [4.78, 5) is 28.6. The molecule has 0 radical (unpaired) electrons. The SMILES string of the molecule is CCCOc1ncccc1CN=C(NCC)N1CCN(C(C)C(=O)N2CCCC2)CC1. The Labute approximate surface area is 186 Å². The quantitative estimate of drug-likeness (QED) is 0.502. The number of aliphatic imine (C=N–C) groups is 1. The Morgan fingerprint density at radius 3 is 2.58 bits per heavy atom. The van der Waals surface area contributed by atoms with E-state index in [-0.39, 0.29) is 11.9 Å². The zero-order chi connectivity index (χ0) is 22.1. The Morgan fingerprint density at radius 1 is 1.16 bits per heavy atom. The lowest BCUT2D eigenvalue weighted by atomic mass is 10.2. The molecule has 1 amide bonds. The van der Waals surface area contributed by atoms with Crippen molar-refractivity contribution in [2.24, 2.45) is 4.99 Å². The first kappa shape index (κ1) is 23.3. The lowest BCUT2D eigenvalue weighted by molar-refractivity contribution is -0.135. The molecule has 0 saturated carbocycles. The summed E-state index contributed by atoms with van der Waals surface area (Å²) in [7, 11) is 0. The minimum Gasteiger partial charge on any atom is -0.477 e. The molecule has 3 rings (SSSR count). The second-order valence-electron chi connectivity index (χ2n) is 8.22. The summed E-state index contributed by atoms with van der Waals surface area (Å²) in [5, 5.41) is 3.42. The molecule has 8 heteroatoms. The zero-order valence-corrected chi connectivity index (χ0v) is 19.3. The summed E-state index contributed by atoms with van der Waals surface area (Å²) >= 11 is 0. The monoisotopic (exact) mass is 430 g/mol. The molecule has 1 atom stereocenters. The lowest BCUT2D eigenvalue weighted by Gasteiger charge is -2.39. The summed E-state index contributed by atoms with van der Waals surface area (Å²) in [6.07, 6.45) is 4.98. The number of pyridine rings is 1. The standard InChI is InChI=1S/C23H38N6O2/c1-4-17-31-21-20(9-8-10-25-21)18-26-23(24-5-2)29-15-13-27(14-16-29)19(3)22(30)28-11-6-7-12-28/h8-10,19H,4-7,11-18H2,1-3H3,(H,24,26). The average molecular weight is 431 g/mol. The van der Waals surface area contributed by atoms with E-state index < -0.39 is 0 Å². The van der Waals surface area contributed by atoms with Crippen molar-refractivity contribution < 1.29 is 9.53 Å². The van der Waals surface area contributed by atoms with Gasteiger partial charge in [-0.2, -0.15) is 0 Å². The number of hydrogen-bond donors (Lipinski definition) is 1. The van der Waals surface area contributed by atoms with E-state index >= 15 is 0 Å². The highest BCUT2D eigenvalue weighted by molar-refractivity contribution is 5.82. The summed E-state index contributed by atoms with van der Waals surface area (Å²) in [6.45, 7) is 13.5. The predicted molar refractivity (Wildman–Crippen MR) is 123 cm³/mol. The number of carbonyl (C=O) groups is 1. The number of piperazine rings is 1. The maximum absolute atomic E-state index is 12.7. The third-order valence-corrected chi connectivity index (χ3v) is 5.96. The molecule has 0 bridgehead atoms. The highest BCUT2D eigenvalue weighted by Crippen LogP contribution is 2.17. The Bertz CT molecular complexity index is 727. The highest BCUT2D eigenvalue weighted by Gasteiger charge is 2.30. The van der Waals surface area contributed by atoms with Crippen LogP contribution >= 0.6 is 0 Å². The number of ether oxygens (including phenoxy) is 1. The molecule has 3 heterocycles. The topological polar surface area (TPSA) is 73.3 Å². The number of nitrogens with zero attached hydrogens (tertiary/aromatic N) is 5. The number of nitrogens with one attached hydrogen (secondary N) is 1. The van der Waals surface area contributed by atoms with Crippen LogP contribution in [0.25, 0.3) is 0 Å². The van der Waals surface area contributed by atoms with Crippen LogP contribution in [0.4, 0.5) is 0 Å². The normalized spacial score (nSPS) is 18.9. The predicted octanol–water partition coefficient (Wildman–Crippen LogP) is 1.96. The molecule has 2 aliphatic rings. The molecule has 172 valence electrons. The summed E-state index contributed by atoms with van der Waals surface area (Å²) in [6, 6.07) is 3.90. The molecule has 2 fully saturated rings. The van der Waals surface area contributed by atoms with Gasteiger partial charge in [0.2, 0.25) is 11.8 Å². The number of likely N-dealkylation sites (tertiary alicyclic amines) is 1. The van der Waals surface area contributed by atoms with Gasteiger partial charge in [-0.1, -0.05) is 13.0 Å². The molecular formula is C23H38N6O2. The van der Waals surface area contributed by atoms with Crippen molar-refractivity contribution in [1.29, 1.82) is 0 Å². The third-order valence-electron chi connectivity index (χ3n) is 5.96. The minimum absolute atomic E-state index is 0.0477. The maximum Gasteiger partial charge on any atom is 0.239 e. The zero-order valence-electron chi connectivity index (χ0n) is 19.3. The average Bonchev–Trinajstić information content (AvgIpc) is 3.35. The number of aromatic nitrogens is 1. The van der Waals surface area contributed by atoms with Crippen molar-refractivity contribution in [3.05, 3.63) is 23.9 Å². The van der Waals surface area contributed by atoms with Gasteiger partial charge in [0.25, 0.3) is 0 Å². The summed E-state index contributed by atoms with van der Waals surface area (Å²) < 4.78 is 5.77. The van der Waals surface area contributed by atoms with E-state index in [9.17, 15) is 4.79 Å². The first-order valence-corrected chi connectivity index (χ1v) is 11.8. The molecule has 1 N–H and O–H groups in total. The van der Waals surface area contributed by atoms with Crippen LogP contribution in [0.15, 0.2) is 23.3 Å². The van der Waals surface area contributed by atoms with Gasteiger partial charge in [0.05, 0.1) is 19.2 Å². The first-order valence-electron chi connectivity index (χ1n) is 11.8. The minimum atomic E-state index is -0.0477. The summed E-state index contributed by atoms with van der Waals surface area (Å²) in [5.74, 6) is 1.86. The van der Waals surface area contributed by atoms with Crippen molar-refractivity contribution in [3.63, 3.8) is 0 Å². The van der Waals surface area contributed by atoms with Crippen LogP contribution in [-0.2, 0) is 11.3 Å². The van der Waals surface area contributed by atoms with Crippen LogP contribution in [0.1, 0.15) is 45.6 Å². The largest absolute Gasteiger partial charge is 0.477 e. The Hall–Kier alpha value is -2.35. The van der Waals surface area contributed by atoms with Crippen molar-refractivity contribution in [3.8, 4) is 5.88 Å². The Balaban J connectivity index is 1.58. The van der Waals surface area contributed by atoms with Crippen molar-refractivity contribution >= 4 is 11.9 Å². The van der Waals surface area contributed by atoms with Crippen LogP contribution in [0.3, 0.4) is 0 Å². The van der Waals surface area contributed by atoms with Crippen LogP contribution < -0.4 is 10.1 Å². The molecule has 31 heavy (non-hydrogen) atoms. The summed E-state index contributed by atoms with van der Waals surface area (Å²) in [5.41, 5.74) is 0.995. The van der Waals surface area contributed by atoms with E-state index in [4.69, 9.17) is 9.73 Å². The molecule has 2 aliphatic heterocycles. The Morgan fingerprint density at radius 2 is 1.90 bits per heavy atom. The molecule has 8 nitrogen and oxygen atoms in total. The molecule has 0 spiro atoms.